The van der Waals surface area contributed by atoms with E-state index < -0.39 is 0 Å². The summed E-state index contributed by atoms with van der Waals surface area (Å²) in [5.74, 6) is 1.04. The monoisotopic (exact) mass is 283 g/mol. The molecular weight excluding hydrogens is 266 g/mol. The van der Waals surface area contributed by atoms with E-state index in [1.807, 2.05) is 6.07 Å². The van der Waals surface area contributed by atoms with E-state index in [4.69, 9.17) is 10.5 Å². The van der Waals surface area contributed by atoms with Gasteiger partial charge in [0.1, 0.15) is 5.75 Å². The Kier molecular flexibility index (Phi) is 4.24. The van der Waals surface area contributed by atoms with Gasteiger partial charge in [-0.05, 0) is 62.4 Å². The lowest BCUT2D eigenvalue weighted by molar-refractivity contribution is 0.119. The van der Waals surface area contributed by atoms with Crippen molar-refractivity contribution in [3.8, 4) is 5.75 Å². The van der Waals surface area contributed by atoms with E-state index in [9.17, 15) is 0 Å². The molecule has 1 fully saturated rings. The summed E-state index contributed by atoms with van der Waals surface area (Å²) < 4.78 is 7.08. The molecular formula is C13H18BrNO. The molecule has 16 heavy (non-hydrogen) atoms. The molecule has 0 bridgehead atoms. The number of ether oxygens (including phenoxy) is 1. The van der Waals surface area contributed by atoms with E-state index in [0.29, 0.717) is 6.10 Å². The topological polar surface area (TPSA) is 35.2 Å². The van der Waals surface area contributed by atoms with Crippen LogP contribution < -0.4 is 10.5 Å². The fraction of sp³-hybridized carbons (Fsp3) is 0.538. The second-order valence-corrected chi connectivity index (χ2v) is 5.23. The molecule has 1 saturated carbocycles. The minimum absolute atomic E-state index is 0.442. The van der Waals surface area contributed by atoms with Crippen molar-refractivity contribution in [1.29, 1.82) is 0 Å². The van der Waals surface area contributed by atoms with Gasteiger partial charge in [-0.25, -0.2) is 0 Å². The van der Waals surface area contributed by atoms with Crippen LogP contribution in [-0.2, 0) is 6.42 Å². The van der Waals surface area contributed by atoms with Crippen molar-refractivity contribution in [3.63, 3.8) is 0 Å². The summed E-state index contributed by atoms with van der Waals surface area (Å²) in [5, 5.41) is 0. The number of halogens is 1. The van der Waals surface area contributed by atoms with E-state index in [1.165, 1.54) is 24.8 Å². The van der Waals surface area contributed by atoms with Crippen molar-refractivity contribution in [3.05, 3.63) is 28.2 Å². The van der Waals surface area contributed by atoms with Crippen LogP contribution in [0.5, 0.6) is 5.75 Å². The highest BCUT2D eigenvalue weighted by atomic mass is 79.9. The first-order chi connectivity index (χ1) is 7.79. The lowest BCUT2D eigenvalue weighted by atomic mass is 9.96. The lowest BCUT2D eigenvalue weighted by Gasteiger charge is -2.27. The Morgan fingerprint density at radius 3 is 2.81 bits per heavy atom. The first-order valence-electron chi connectivity index (χ1n) is 5.95. The summed E-state index contributed by atoms with van der Waals surface area (Å²) in [6.07, 6.45) is 6.16. The highest BCUT2D eigenvalue weighted by Crippen LogP contribution is 2.30. The van der Waals surface area contributed by atoms with Crippen molar-refractivity contribution in [1.82, 2.24) is 0 Å². The molecule has 0 aromatic heterocycles. The zero-order valence-corrected chi connectivity index (χ0v) is 11.0. The largest absolute Gasteiger partial charge is 0.490 e. The van der Waals surface area contributed by atoms with Gasteiger partial charge in [-0.1, -0.05) is 15.9 Å². The molecule has 2 N–H and O–H groups in total. The maximum atomic E-state index is 5.97. The number of hydrogen-bond acceptors (Lipinski definition) is 2. The highest BCUT2D eigenvalue weighted by molar-refractivity contribution is 9.10. The van der Waals surface area contributed by atoms with Crippen LogP contribution in [0.25, 0.3) is 0 Å². The summed E-state index contributed by atoms with van der Waals surface area (Å²) >= 11 is 3.50. The summed E-state index contributed by atoms with van der Waals surface area (Å²) in [5.41, 5.74) is 6.82. The Labute approximate surface area is 105 Å². The third-order valence-electron chi connectivity index (χ3n) is 3.02. The second-order valence-electron chi connectivity index (χ2n) is 4.32. The molecule has 0 radical (unpaired) electrons. The fourth-order valence-corrected chi connectivity index (χ4v) is 2.23. The van der Waals surface area contributed by atoms with Crippen LogP contribution >= 0.6 is 15.9 Å². The van der Waals surface area contributed by atoms with Crippen LogP contribution in [0, 0.1) is 0 Å². The van der Waals surface area contributed by atoms with Gasteiger partial charge in [0, 0.05) is 4.47 Å². The summed E-state index contributed by atoms with van der Waals surface area (Å²) in [6.45, 7) is 0.732. The quantitative estimate of drug-likeness (QED) is 0.900. The van der Waals surface area contributed by atoms with Crippen molar-refractivity contribution in [2.75, 3.05) is 6.54 Å². The van der Waals surface area contributed by atoms with E-state index in [2.05, 4.69) is 28.1 Å². The number of hydrogen-bond donors (Lipinski definition) is 1. The van der Waals surface area contributed by atoms with E-state index >= 15 is 0 Å². The predicted octanol–water partition coefficient (Wildman–Crippen LogP) is 3.27. The first kappa shape index (κ1) is 11.9. The summed E-state index contributed by atoms with van der Waals surface area (Å²) in [4.78, 5) is 0. The number of nitrogens with two attached hydrogens (primary N) is 1. The zero-order valence-electron chi connectivity index (χ0n) is 9.42. The Balaban J connectivity index is 2.07. The summed E-state index contributed by atoms with van der Waals surface area (Å²) in [6, 6.07) is 6.25. The maximum absolute atomic E-state index is 5.97. The molecule has 0 unspecified atom stereocenters. The van der Waals surface area contributed by atoms with Gasteiger partial charge in [0.2, 0.25) is 0 Å². The Bertz CT molecular complexity index is 350. The van der Waals surface area contributed by atoms with Gasteiger partial charge in [-0.15, -0.1) is 0 Å². The van der Waals surface area contributed by atoms with Crippen molar-refractivity contribution in [2.45, 2.75) is 38.2 Å². The van der Waals surface area contributed by atoms with Gasteiger partial charge in [0.15, 0.2) is 0 Å². The summed E-state index contributed by atoms with van der Waals surface area (Å²) in [7, 11) is 0. The standard InChI is InChI=1S/C13H18BrNO/c14-11-6-7-13(16-12-4-1-5-12)10(9-11)3-2-8-15/h6-7,9,12H,1-5,8,15H2. The van der Waals surface area contributed by atoms with Gasteiger partial charge >= 0.3 is 0 Å². The smallest absolute Gasteiger partial charge is 0.122 e. The molecule has 0 saturated heterocycles. The molecule has 1 aromatic carbocycles. The molecule has 0 aliphatic heterocycles. The maximum Gasteiger partial charge on any atom is 0.122 e. The molecule has 2 nitrogen and oxygen atoms in total. The molecule has 1 aliphatic rings. The molecule has 3 heteroatoms. The van der Waals surface area contributed by atoms with E-state index in [-0.39, 0.29) is 0 Å². The van der Waals surface area contributed by atoms with Crippen molar-refractivity contribution in [2.24, 2.45) is 5.73 Å². The third kappa shape index (κ3) is 2.98. The normalized spacial score (nSPS) is 15.9. The van der Waals surface area contributed by atoms with Crippen LogP contribution in [0.2, 0.25) is 0 Å². The van der Waals surface area contributed by atoms with E-state index in [1.54, 1.807) is 0 Å². The third-order valence-corrected chi connectivity index (χ3v) is 3.51. The zero-order chi connectivity index (χ0) is 11.4. The molecule has 1 aromatic rings. The number of rotatable bonds is 5. The predicted molar refractivity (Wildman–Crippen MR) is 69.8 cm³/mol. The van der Waals surface area contributed by atoms with Crippen LogP contribution in [0.1, 0.15) is 31.2 Å². The first-order valence-corrected chi connectivity index (χ1v) is 6.74. The lowest BCUT2D eigenvalue weighted by Crippen LogP contribution is -2.25. The minimum atomic E-state index is 0.442. The Morgan fingerprint density at radius 2 is 2.19 bits per heavy atom. The Morgan fingerprint density at radius 1 is 1.38 bits per heavy atom. The SMILES string of the molecule is NCCCc1cc(Br)ccc1OC1CCC1. The highest BCUT2D eigenvalue weighted by Gasteiger charge is 2.20. The van der Waals surface area contributed by atoms with Gasteiger partial charge in [0.25, 0.3) is 0 Å². The molecule has 1 aliphatic carbocycles. The second kappa shape index (κ2) is 5.69. The Hall–Kier alpha value is -0.540. The fourth-order valence-electron chi connectivity index (χ4n) is 1.82. The van der Waals surface area contributed by atoms with Gasteiger partial charge < -0.3 is 10.5 Å². The van der Waals surface area contributed by atoms with Crippen LogP contribution in [0.4, 0.5) is 0 Å². The molecule has 0 amide bonds. The minimum Gasteiger partial charge on any atom is -0.490 e. The molecule has 0 atom stereocenters. The average Bonchev–Trinajstić information content (AvgIpc) is 2.22. The van der Waals surface area contributed by atoms with Crippen LogP contribution in [0.15, 0.2) is 22.7 Å². The number of aryl methyl sites for hydroxylation is 1. The van der Waals surface area contributed by atoms with Gasteiger partial charge in [0.05, 0.1) is 6.10 Å². The molecule has 0 spiro atoms. The number of benzene rings is 1. The van der Waals surface area contributed by atoms with Crippen molar-refractivity contribution < 1.29 is 4.74 Å². The van der Waals surface area contributed by atoms with Crippen molar-refractivity contribution >= 4 is 15.9 Å². The average molecular weight is 284 g/mol. The van der Waals surface area contributed by atoms with Gasteiger partial charge in [-0.3, -0.25) is 0 Å². The van der Waals surface area contributed by atoms with Crippen LogP contribution in [-0.4, -0.2) is 12.6 Å². The van der Waals surface area contributed by atoms with Crippen LogP contribution in [0.3, 0.4) is 0 Å². The molecule has 88 valence electrons. The molecule has 0 heterocycles. The molecule has 2 rings (SSSR count). The van der Waals surface area contributed by atoms with Gasteiger partial charge in [-0.2, -0.15) is 0 Å². The van der Waals surface area contributed by atoms with E-state index in [0.717, 1.165) is 29.6 Å².